The molecule has 0 saturated heterocycles. The van der Waals surface area contributed by atoms with E-state index in [1.165, 1.54) is 6.07 Å². The number of anilines is 1. The van der Waals surface area contributed by atoms with Crippen LogP contribution in [0.1, 0.15) is 71.0 Å². The number of aryl methyl sites for hydroxylation is 2. The number of rotatable bonds is 10. The molecule has 1 aliphatic heterocycles. The van der Waals surface area contributed by atoms with Gasteiger partial charge in [-0.25, -0.2) is 13.2 Å². The second kappa shape index (κ2) is 13.5. The minimum atomic E-state index is -3.87. The molecule has 0 saturated carbocycles. The molecule has 2 atom stereocenters. The molecule has 0 fully saturated rings. The van der Waals surface area contributed by atoms with Crippen LogP contribution in [-0.4, -0.2) is 43.8 Å². The largest absolute Gasteiger partial charge is 0.492 e. The predicted molar refractivity (Wildman–Crippen MR) is 178 cm³/mol. The Hall–Kier alpha value is -4.38. The summed E-state index contributed by atoms with van der Waals surface area (Å²) in [6.45, 7) is 10.7. The Morgan fingerprint density at radius 1 is 0.957 bits per heavy atom. The molecular weight excluding hydrogens is 604 g/mol. The summed E-state index contributed by atoms with van der Waals surface area (Å²) in [6, 6.07) is 20.7. The molecule has 0 unspecified atom stereocenters. The van der Waals surface area contributed by atoms with E-state index >= 15 is 0 Å². The van der Waals surface area contributed by atoms with Gasteiger partial charge in [-0.15, -0.1) is 0 Å². The van der Waals surface area contributed by atoms with Crippen LogP contribution in [0.4, 0.5) is 5.69 Å². The Morgan fingerprint density at radius 2 is 1.70 bits per heavy atom. The van der Waals surface area contributed by atoms with Crippen molar-refractivity contribution < 1.29 is 32.9 Å². The molecule has 1 aliphatic rings. The lowest BCUT2D eigenvalue weighted by Gasteiger charge is -2.24. The molecular formula is C36H40N2O7S. The van der Waals surface area contributed by atoms with Crippen molar-refractivity contribution in [3.05, 3.63) is 106 Å². The van der Waals surface area contributed by atoms with Crippen molar-refractivity contribution in [1.29, 1.82) is 0 Å². The van der Waals surface area contributed by atoms with Gasteiger partial charge in [-0.05, 0) is 96.5 Å². The molecule has 0 aromatic heterocycles. The van der Waals surface area contributed by atoms with E-state index in [0.717, 1.165) is 39.1 Å². The summed E-state index contributed by atoms with van der Waals surface area (Å²) in [5, 5.41) is 24.1. The van der Waals surface area contributed by atoms with Crippen molar-refractivity contribution in [2.24, 2.45) is 0 Å². The van der Waals surface area contributed by atoms with E-state index in [9.17, 15) is 23.4 Å². The Morgan fingerprint density at radius 3 is 2.39 bits per heavy atom. The molecule has 0 amide bonds. The number of aliphatic hydroxyl groups is 1. The van der Waals surface area contributed by atoms with Crippen molar-refractivity contribution in [1.82, 2.24) is 5.32 Å². The van der Waals surface area contributed by atoms with Crippen LogP contribution in [0.5, 0.6) is 11.5 Å². The number of hydrogen-bond acceptors (Lipinski definition) is 7. The number of carboxylic acid groups (broad SMARTS) is 1. The van der Waals surface area contributed by atoms with Crippen molar-refractivity contribution >= 4 is 21.7 Å². The Kier molecular flexibility index (Phi) is 9.71. The molecule has 1 heterocycles. The van der Waals surface area contributed by atoms with Crippen LogP contribution in [0.2, 0.25) is 0 Å². The van der Waals surface area contributed by atoms with Crippen molar-refractivity contribution in [3.63, 3.8) is 0 Å². The van der Waals surface area contributed by atoms with Gasteiger partial charge in [-0.2, -0.15) is 0 Å². The second-order valence-electron chi connectivity index (χ2n) is 12.0. The summed E-state index contributed by atoms with van der Waals surface area (Å²) in [7, 11) is -3.87. The fourth-order valence-corrected chi connectivity index (χ4v) is 6.87. The summed E-state index contributed by atoms with van der Waals surface area (Å²) in [5.74, 6) is 0.398. The van der Waals surface area contributed by atoms with Gasteiger partial charge < -0.3 is 25.0 Å². The molecule has 46 heavy (non-hydrogen) atoms. The predicted octanol–water partition coefficient (Wildman–Crippen LogP) is 6.58. The summed E-state index contributed by atoms with van der Waals surface area (Å²) < 4.78 is 40.9. The molecule has 5 rings (SSSR count). The normalized spacial score (nSPS) is 14.9. The number of carboxylic acids is 1. The summed E-state index contributed by atoms with van der Waals surface area (Å²) >= 11 is 0. The SMILES string of the molecule is Cc1cc(-c2ccc(C(=O)O)c(C(C)C)c2)cc(C)c1OCCN[C@@H](C)[C@H](O)c1ccc2cc1NS(=O)(=O)c1cccc(c1)CO2. The zero-order valence-electron chi connectivity index (χ0n) is 26.6. The van der Waals surface area contributed by atoms with Gasteiger partial charge in [-0.3, -0.25) is 4.72 Å². The highest BCUT2D eigenvalue weighted by Crippen LogP contribution is 2.34. The molecule has 4 N–H and O–H groups in total. The highest BCUT2D eigenvalue weighted by molar-refractivity contribution is 7.92. The van der Waals surface area contributed by atoms with E-state index in [1.54, 1.807) is 42.5 Å². The van der Waals surface area contributed by atoms with Crippen LogP contribution in [0, 0.1) is 13.8 Å². The molecule has 4 aromatic carbocycles. The Labute approximate surface area is 270 Å². The average Bonchev–Trinajstić information content (AvgIpc) is 3.01. The van der Waals surface area contributed by atoms with Crippen LogP contribution in [0.3, 0.4) is 0 Å². The smallest absolute Gasteiger partial charge is 0.335 e. The van der Waals surface area contributed by atoms with Gasteiger partial charge in [0.05, 0.1) is 22.3 Å². The highest BCUT2D eigenvalue weighted by atomic mass is 32.2. The minimum Gasteiger partial charge on any atom is -0.492 e. The van der Waals surface area contributed by atoms with Crippen LogP contribution in [-0.2, 0) is 16.6 Å². The monoisotopic (exact) mass is 644 g/mol. The number of benzene rings is 4. The number of fused-ring (bicyclic) bond motifs is 4. The standard InChI is InChI=1S/C36H40N2O7S/c1-21(2)32-18-26(9-11-30(32)36(40)41)27-15-22(3)35(23(4)16-27)44-14-13-37-24(5)34(39)31-12-10-28-19-33(31)38-46(42,43)29-8-6-7-25(17-29)20-45-28/h6-12,15-19,21,24,34,37-39H,13-14,20H2,1-5H3,(H,40,41)/t24-,34-/m0/s1. The topological polar surface area (TPSA) is 134 Å². The number of aromatic carboxylic acids is 1. The second-order valence-corrected chi connectivity index (χ2v) is 13.7. The molecule has 0 aliphatic carbocycles. The third kappa shape index (κ3) is 7.20. The van der Waals surface area contributed by atoms with Crippen LogP contribution >= 0.6 is 0 Å². The van der Waals surface area contributed by atoms with Gasteiger partial charge in [0, 0.05) is 24.2 Å². The van der Waals surface area contributed by atoms with Gasteiger partial charge in [0.2, 0.25) is 0 Å². The maximum absolute atomic E-state index is 13.1. The summed E-state index contributed by atoms with van der Waals surface area (Å²) in [4.78, 5) is 11.8. The molecule has 0 radical (unpaired) electrons. The van der Waals surface area contributed by atoms with Crippen LogP contribution in [0.25, 0.3) is 11.1 Å². The summed E-state index contributed by atoms with van der Waals surface area (Å²) in [6.07, 6.45) is -1.02. The van der Waals surface area contributed by atoms with Crippen molar-refractivity contribution in [2.45, 2.75) is 64.2 Å². The fourth-order valence-electron chi connectivity index (χ4n) is 5.72. The Bertz CT molecular complexity index is 1850. The van der Waals surface area contributed by atoms with Crippen LogP contribution < -0.4 is 19.5 Å². The number of aliphatic hydroxyl groups excluding tert-OH is 1. The maximum Gasteiger partial charge on any atom is 0.335 e. The first-order valence-electron chi connectivity index (χ1n) is 15.3. The highest BCUT2D eigenvalue weighted by Gasteiger charge is 2.24. The zero-order valence-corrected chi connectivity index (χ0v) is 27.4. The first-order chi connectivity index (χ1) is 21.8. The van der Waals surface area contributed by atoms with E-state index in [2.05, 4.69) is 10.0 Å². The number of ether oxygens (including phenoxy) is 2. The molecule has 9 nitrogen and oxygen atoms in total. The third-order valence-electron chi connectivity index (χ3n) is 8.19. The molecule has 10 heteroatoms. The first kappa shape index (κ1) is 33.0. The fraction of sp³-hybridized carbons (Fsp3) is 0.306. The Balaban J connectivity index is 1.24. The summed E-state index contributed by atoms with van der Waals surface area (Å²) in [5.41, 5.74) is 6.37. The molecule has 4 aromatic rings. The van der Waals surface area contributed by atoms with Gasteiger partial charge in [0.25, 0.3) is 10.0 Å². The van der Waals surface area contributed by atoms with E-state index in [1.807, 2.05) is 58.9 Å². The lowest BCUT2D eigenvalue weighted by atomic mass is 9.91. The number of carbonyl (C=O) groups is 1. The molecule has 4 bridgehead atoms. The third-order valence-corrected chi connectivity index (χ3v) is 9.55. The first-order valence-corrected chi connectivity index (χ1v) is 16.7. The van der Waals surface area contributed by atoms with E-state index in [0.29, 0.717) is 30.0 Å². The molecule has 242 valence electrons. The molecule has 0 spiro atoms. The van der Waals surface area contributed by atoms with Gasteiger partial charge in [0.1, 0.15) is 24.7 Å². The van der Waals surface area contributed by atoms with Gasteiger partial charge >= 0.3 is 5.97 Å². The lowest BCUT2D eigenvalue weighted by molar-refractivity contribution is 0.0695. The van der Waals surface area contributed by atoms with Crippen LogP contribution in [0.15, 0.2) is 77.7 Å². The number of sulfonamides is 1. The zero-order chi connectivity index (χ0) is 33.2. The maximum atomic E-state index is 13.1. The van der Waals surface area contributed by atoms with E-state index in [-0.39, 0.29) is 23.1 Å². The average molecular weight is 645 g/mol. The number of hydrogen-bond donors (Lipinski definition) is 4. The van der Waals surface area contributed by atoms with Gasteiger partial charge in [0.15, 0.2) is 0 Å². The van der Waals surface area contributed by atoms with E-state index in [4.69, 9.17) is 9.47 Å². The number of nitrogens with one attached hydrogen (secondary N) is 2. The van der Waals surface area contributed by atoms with Crippen molar-refractivity contribution in [2.75, 3.05) is 17.9 Å². The van der Waals surface area contributed by atoms with Crippen molar-refractivity contribution in [3.8, 4) is 22.6 Å². The lowest BCUT2D eigenvalue weighted by Crippen LogP contribution is -2.35. The quantitative estimate of drug-likeness (QED) is 0.142. The minimum absolute atomic E-state index is 0.0707. The van der Waals surface area contributed by atoms with Gasteiger partial charge in [-0.1, -0.05) is 44.2 Å². The van der Waals surface area contributed by atoms with E-state index < -0.39 is 28.1 Å².